The number of nitrogens with zero attached hydrogens (tertiary/aromatic N) is 1. The van der Waals surface area contributed by atoms with Crippen molar-refractivity contribution in [3.63, 3.8) is 0 Å². The molecule has 1 nitrogen and oxygen atoms in total. The SMILES string of the molecule is C=C/C(Cl)=C(\C=C/C)N(CCC)CCCC(C)C. The minimum atomic E-state index is 0.742. The summed E-state index contributed by atoms with van der Waals surface area (Å²) >= 11 is 6.25. The molecule has 0 aliphatic heterocycles. The van der Waals surface area contributed by atoms with E-state index in [1.54, 1.807) is 6.08 Å². The summed E-state index contributed by atoms with van der Waals surface area (Å²) in [6, 6.07) is 0. The van der Waals surface area contributed by atoms with Gasteiger partial charge in [-0.2, -0.15) is 0 Å². The Morgan fingerprint density at radius 1 is 1.33 bits per heavy atom. The van der Waals surface area contributed by atoms with Crippen molar-refractivity contribution >= 4 is 11.6 Å². The Morgan fingerprint density at radius 3 is 2.44 bits per heavy atom. The Balaban J connectivity index is 4.76. The molecule has 0 amide bonds. The average Bonchev–Trinajstić information content (AvgIpc) is 2.34. The molecule has 0 saturated heterocycles. The second-order valence-corrected chi connectivity index (χ2v) is 5.37. The fourth-order valence-electron chi connectivity index (χ4n) is 1.91. The average molecular weight is 270 g/mol. The lowest BCUT2D eigenvalue weighted by Crippen LogP contribution is -2.25. The minimum Gasteiger partial charge on any atom is -0.370 e. The highest BCUT2D eigenvalue weighted by molar-refractivity contribution is 6.31. The molecular formula is C16H28ClN. The molecule has 104 valence electrons. The first-order chi connectivity index (χ1) is 8.56. The van der Waals surface area contributed by atoms with Crippen molar-refractivity contribution < 1.29 is 0 Å². The zero-order valence-electron chi connectivity index (χ0n) is 12.4. The normalized spacial score (nSPS) is 13.0. The van der Waals surface area contributed by atoms with Crippen LogP contribution in [-0.4, -0.2) is 18.0 Å². The second-order valence-electron chi connectivity index (χ2n) is 4.96. The van der Waals surface area contributed by atoms with Crippen LogP contribution >= 0.6 is 11.6 Å². The Kier molecular flexibility index (Phi) is 9.86. The molecular weight excluding hydrogens is 242 g/mol. The van der Waals surface area contributed by atoms with E-state index < -0.39 is 0 Å². The van der Waals surface area contributed by atoms with Crippen LogP contribution in [0.15, 0.2) is 35.5 Å². The molecule has 0 aromatic rings. The molecule has 0 aromatic heterocycles. The van der Waals surface area contributed by atoms with Crippen LogP contribution in [0.4, 0.5) is 0 Å². The zero-order valence-corrected chi connectivity index (χ0v) is 13.1. The number of hydrogen-bond acceptors (Lipinski definition) is 1. The summed E-state index contributed by atoms with van der Waals surface area (Å²) in [7, 11) is 0. The first-order valence-corrected chi connectivity index (χ1v) is 7.34. The van der Waals surface area contributed by atoms with Gasteiger partial charge < -0.3 is 4.90 Å². The molecule has 2 heteroatoms. The lowest BCUT2D eigenvalue weighted by Gasteiger charge is -2.26. The van der Waals surface area contributed by atoms with E-state index in [9.17, 15) is 0 Å². The van der Waals surface area contributed by atoms with E-state index in [0.29, 0.717) is 0 Å². The highest BCUT2D eigenvalue weighted by Crippen LogP contribution is 2.19. The Hall–Kier alpha value is -0.690. The Bertz CT molecular complexity index is 289. The minimum absolute atomic E-state index is 0.742. The lowest BCUT2D eigenvalue weighted by molar-refractivity contribution is 0.334. The number of rotatable bonds is 9. The van der Waals surface area contributed by atoms with Crippen molar-refractivity contribution in [2.45, 2.75) is 47.0 Å². The highest BCUT2D eigenvalue weighted by Gasteiger charge is 2.09. The van der Waals surface area contributed by atoms with Crippen LogP contribution in [0.25, 0.3) is 0 Å². The third-order valence-electron chi connectivity index (χ3n) is 2.79. The topological polar surface area (TPSA) is 3.24 Å². The van der Waals surface area contributed by atoms with Crippen LogP contribution in [0.5, 0.6) is 0 Å². The molecule has 0 heterocycles. The van der Waals surface area contributed by atoms with Crippen LogP contribution < -0.4 is 0 Å². The third kappa shape index (κ3) is 6.90. The molecule has 0 spiro atoms. The van der Waals surface area contributed by atoms with E-state index in [2.05, 4.69) is 38.3 Å². The maximum absolute atomic E-state index is 6.25. The van der Waals surface area contributed by atoms with Crippen molar-refractivity contribution in [3.8, 4) is 0 Å². The van der Waals surface area contributed by atoms with Crippen molar-refractivity contribution in [2.24, 2.45) is 5.92 Å². The predicted octanol–water partition coefficient (Wildman–Crippen LogP) is 5.35. The van der Waals surface area contributed by atoms with Gasteiger partial charge in [0, 0.05) is 13.1 Å². The first-order valence-electron chi connectivity index (χ1n) is 6.96. The van der Waals surface area contributed by atoms with E-state index in [1.807, 2.05) is 13.0 Å². The molecule has 0 atom stereocenters. The van der Waals surface area contributed by atoms with Gasteiger partial charge in [0.1, 0.15) is 0 Å². The summed E-state index contributed by atoms with van der Waals surface area (Å²) in [6.07, 6.45) is 9.43. The van der Waals surface area contributed by atoms with Gasteiger partial charge in [-0.3, -0.25) is 0 Å². The summed E-state index contributed by atoms with van der Waals surface area (Å²) in [4.78, 5) is 2.37. The van der Waals surface area contributed by atoms with E-state index >= 15 is 0 Å². The van der Waals surface area contributed by atoms with Crippen molar-refractivity contribution in [1.29, 1.82) is 0 Å². The van der Waals surface area contributed by atoms with Crippen LogP contribution in [0.2, 0.25) is 0 Å². The maximum atomic E-state index is 6.25. The van der Waals surface area contributed by atoms with Gasteiger partial charge in [0.25, 0.3) is 0 Å². The highest BCUT2D eigenvalue weighted by atomic mass is 35.5. The third-order valence-corrected chi connectivity index (χ3v) is 3.14. The monoisotopic (exact) mass is 269 g/mol. The standard InChI is InChI=1S/C16H28ClN/c1-6-10-16(15(17)8-3)18(12-7-2)13-9-11-14(4)5/h6,8,10,14H,3,7,9,11-13H2,1-2,4-5H3/b10-6-,16-15-. The lowest BCUT2D eigenvalue weighted by atomic mass is 10.1. The second kappa shape index (κ2) is 10.3. The molecule has 0 aliphatic rings. The quantitative estimate of drug-likeness (QED) is 0.510. The van der Waals surface area contributed by atoms with Crippen LogP contribution in [-0.2, 0) is 0 Å². The fraction of sp³-hybridized carbons (Fsp3) is 0.625. The molecule has 0 radical (unpaired) electrons. The van der Waals surface area contributed by atoms with E-state index in [4.69, 9.17) is 11.6 Å². The molecule has 0 N–H and O–H groups in total. The van der Waals surface area contributed by atoms with Gasteiger partial charge in [-0.1, -0.05) is 45.0 Å². The van der Waals surface area contributed by atoms with Gasteiger partial charge in [0.2, 0.25) is 0 Å². The summed E-state index contributed by atoms with van der Waals surface area (Å²) in [5.74, 6) is 0.762. The van der Waals surface area contributed by atoms with E-state index in [0.717, 1.165) is 36.2 Å². The fourth-order valence-corrected chi connectivity index (χ4v) is 2.09. The molecule has 0 aromatic carbocycles. The molecule has 0 saturated carbocycles. The zero-order chi connectivity index (χ0) is 14.0. The molecule has 0 aliphatic carbocycles. The number of hydrogen-bond donors (Lipinski definition) is 0. The van der Waals surface area contributed by atoms with Crippen molar-refractivity contribution in [3.05, 3.63) is 35.5 Å². The van der Waals surface area contributed by atoms with Crippen LogP contribution in [0.3, 0.4) is 0 Å². The molecule has 0 unspecified atom stereocenters. The number of halogens is 1. The number of allylic oxidation sites excluding steroid dienone is 4. The smallest absolute Gasteiger partial charge is 0.0633 e. The van der Waals surface area contributed by atoms with Crippen LogP contribution in [0.1, 0.15) is 47.0 Å². The van der Waals surface area contributed by atoms with Crippen molar-refractivity contribution in [2.75, 3.05) is 13.1 Å². The summed E-state index contributed by atoms with van der Waals surface area (Å²) in [5.41, 5.74) is 1.10. The molecule has 18 heavy (non-hydrogen) atoms. The van der Waals surface area contributed by atoms with Gasteiger partial charge in [-0.25, -0.2) is 0 Å². The van der Waals surface area contributed by atoms with E-state index in [1.165, 1.54) is 12.8 Å². The van der Waals surface area contributed by atoms with Crippen molar-refractivity contribution in [1.82, 2.24) is 4.90 Å². The molecule has 0 bridgehead atoms. The maximum Gasteiger partial charge on any atom is 0.0633 e. The molecule has 0 fully saturated rings. The van der Waals surface area contributed by atoms with Gasteiger partial charge in [-0.15, -0.1) is 0 Å². The van der Waals surface area contributed by atoms with E-state index in [-0.39, 0.29) is 0 Å². The summed E-state index contributed by atoms with van der Waals surface area (Å²) in [5, 5.41) is 0.742. The first kappa shape index (κ1) is 17.3. The summed E-state index contributed by atoms with van der Waals surface area (Å²) in [6.45, 7) is 14.6. The predicted molar refractivity (Wildman–Crippen MR) is 83.8 cm³/mol. The van der Waals surface area contributed by atoms with Gasteiger partial charge >= 0.3 is 0 Å². The van der Waals surface area contributed by atoms with Gasteiger partial charge in [0.05, 0.1) is 10.7 Å². The van der Waals surface area contributed by atoms with Gasteiger partial charge in [0.15, 0.2) is 0 Å². The Morgan fingerprint density at radius 2 is 2.00 bits per heavy atom. The Labute approximate surface area is 118 Å². The van der Waals surface area contributed by atoms with Gasteiger partial charge in [-0.05, 0) is 44.3 Å². The molecule has 0 rings (SSSR count). The summed E-state index contributed by atoms with van der Waals surface area (Å²) < 4.78 is 0. The van der Waals surface area contributed by atoms with Crippen LogP contribution in [0, 0.1) is 5.92 Å². The largest absolute Gasteiger partial charge is 0.370 e.